The molecule has 0 unspecified atom stereocenters. The molecule has 0 bridgehead atoms. The highest BCUT2D eigenvalue weighted by Crippen LogP contribution is 2.23. The summed E-state index contributed by atoms with van der Waals surface area (Å²) in [7, 11) is -5.84. The Morgan fingerprint density at radius 1 is 1.00 bits per heavy atom. The molecule has 3 rings (SSSR count). The Balaban J connectivity index is 0.000000224. The SMILES string of the molecule is O=S(=O)(O)C(F)(F)F.O=c1c2ccccc2oc2c(S)cccc12. The molecule has 0 amide bonds. The quantitative estimate of drug-likeness (QED) is 0.270. The van der Waals surface area contributed by atoms with E-state index < -0.39 is 15.6 Å². The Morgan fingerprint density at radius 2 is 1.54 bits per heavy atom. The number of para-hydroxylation sites is 2. The maximum atomic E-state index is 12.1. The minimum atomic E-state index is -5.84. The molecule has 0 fully saturated rings. The van der Waals surface area contributed by atoms with E-state index >= 15 is 0 Å². The van der Waals surface area contributed by atoms with Crippen LogP contribution in [0, 0.1) is 0 Å². The number of hydrogen-bond donors (Lipinski definition) is 2. The monoisotopic (exact) mass is 378 g/mol. The van der Waals surface area contributed by atoms with Crippen molar-refractivity contribution in [3.8, 4) is 0 Å². The van der Waals surface area contributed by atoms with E-state index in [2.05, 4.69) is 12.6 Å². The van der Waals surface area contributed by atoms with Crippen LogP contribution in [-0.4, -0.2) is 18.5 Å². The minimum Gasteiger partial charge on any atom is -0.455 e. The van der Waals surface area contributed by atoms with Gasteiger partial charge < -0.3 is 4.42 Å². The summed E-state index contributed by atoms with van der Waals surface area (Å²) >= 11 is 4.29. The zero-order valence-electron chi connectivity index (χ0n) is 11.6. The van der Waals surface area contributed by atoms with Crippen LogP contribution in [0.4, 0.5) is 13.2 Å². The first-order valence-electron chi connectivity index (χ1n) is 6.19. The summed E-state index contributed by atoms with van der Waals surface area (Å²) in [5.41, 5.74) is -4.39. The Kier molecular flexibility index (Phi) is 4.92. The lowest BCUT2D eigenvalue weighted by Crippen LogP contribution is -2.21. The van der Waals surface area contributed by atoms with Gasteiger partial charge in [-0.15, -0.1) is 12.6 Å². The molecular weight excluding hydrogens is 369 g/mol. The molecule has 0 aliphatic heterocycles. The van der Waals surface area contributed by atoms with Gasteiger partial charge in [0.05, 0.1) is 10.8 Å². The number of rotatable bonds is 0. The highest BCUT2D eigenvalue weighted by atomic mass is 32.2. The Morgan fingerprint density at radius 3 is 2.12 bits per heavy atom. The van der Waals surface area contributed by atoms with E-state index in [0.29, 0.717) is 26.8 Å². The van der Waals surface area contributed by atoms with E-state index in [-0.39, 0.29) is 5.43 Å². The zero-order valence-corrected chi connectivity index (χ0v) is 13.3. The summed E-state index contributed by atoms with van der Waals surface area (Å²) in [6.45, 7) is 0. The average molecular weight is 378 g/mol. The van der Waals surface area contributed by atoms with Gasteiger partial charge >= 0.3 is 15.6 Å². The van der Waals surface area contributed by atoms with Crippen molar-refractivity contribution in [3.63, 3.8) is 0 Å². The predicted octanol–water partition coefficient (Wildman–Crippen LogP) is 3.63. The molecule has 24 heavy (non-hydrogen) atoms. The first-order chi connectivity index (χ1) is 11.0. The van der Waals surface area contributed by atoms with Gasteiger partial charge in [-0.1, -0.05) is 18.2 Å². The molecule has 1 N–H and O–H groups in total. The molecule has 10 heteroatoms. The van der Waals surface area contributed by atoms with Gasteiger partial charge in [0.1, 0.15) is 5.58 Å². The second-order valence-corrected chi connectivity index (χ2v) is 6.40. The van der Waals surface area contributed by atoms with Crippen LogP contribution in [0.25, 0.3) is 21.9 Å². The van der Waals surface area contributed by atoms with Gasteiger partial charge in [0.2, 0.25) is 5.43 Å². The molecule has 0 atom stereocenters. The second-order valence-electron chi connectivity index (χ2n) is 4.50. The van der Waals surface area contributed by atoms with Crippen molar-refractivity contribution in [3.05, 3.63) is 52.7 Å². The normalized spacial score (nSPS) is 12.0. The lowest BCUT2D eigenvalue weighted by atomic mass is 10.1. The Bertz CT molecular complexity index is 1060. The highest BCUT2D eigenvalue weighted by molar-refractivity contribution is 7.86. The van der Waals surface area contributed by atoms with Crippen LogP contribution in [0.15, 0.2) is 56.6 Å². The third kappa shape index (κ3) is 3.71. The van der Waals surface area contributed by atoms with Gasteiger partial charge in [-0.25, -0.2) is 0 Å². The van der Waals surface area contributed by atoms with Gasteiger partial charge in [-0.3, -0.25) is 9.35 Å². The van der Waals surface area contributed by atoms with Crippen LogP contribution >= 0.6 is 12.6 Å². The summed E-state index contributed by atoms with van der Waals surface area (Å²) in [4.78, 5) is 12.8. The Hall–Kier alpha value is -2.04. The number of benzene rings is 2. The molecule has 0 saturated heterocycles. The fraction of sp³-hybridized carbons (Fsp3) is 0.0714. The third-order valence-electron chi connectivity index (χ3n) is 2.88. The van der Waals surface area contributed by atoms with Crippen molar-refractivity contribution in [1.29, 1.82) is 0 Å². The van der Waals surface area contributed by atoms with Gasteiger partial charge in [-0.05, 0) is 24.3 Å². The average Bonchev–Trinajstić information content (AvgIpc) is 2.47. The lowest BCUT2D eigenvalue weighted by molar-refractivity contribution is -0.0510. The minimum absolute atomic E-state index is 0.00671. The van der Waals surface area contributed by atoms with Gasteiger partial charge in [0.15, 0.2) is 5.58 Å². The van der Waals surface area contributed by atoms with Crippen molar-refractivity contribution < 1.29 is 30.6 Å². The highest BCUT2D eigenvalue weighted by Gasteiger charge is 2.44. The van der Waals surface area contributed by atoms with Crippen molar-refractivity contribution in [1.82, 2.24) is 0 Å². The van der Waals surface area contributed by atoms with Crippen LogP contribution in [-0.2, 0) is 10.1 Å². The van der Waals surface area contributed by atoms with Crippen LogP contribution in [0.1, 0.15) is 0 Å². The van der Waals surface area contributed by atoms with Gasteiger partial charge in [-0.2, -0.15) is 21.6 Å². The number of halogens is 3. The van der Waals surface area contributed by atoms with Crippen LogP contribution in [0.3, 0.4) is 0 Å². The number of thiol groups is 1. The van der Waals surface area contributed by atoms with Crippen molar-refractivity contribution >= 4 is 44.7 Å². The molecule has 5 nitrogen and oxygen atoms in total. The topological polar surface area (TPSA) is 84.6 Å². The summed E-state index contributed by atoms with van der Waals surface area (Å²) in [5.74, 6) is 0. The van der Waals surface area contributed by atoms with Crippen molar-refractivity contribution in [2.75, 3.05) is 0 Å². The molecule has 0 aliphatic rings. The van der Waals surface area contributed by atoms with E-state index in [1.54, 1.807) is 24.3 Å². The molecule has 3 aromatic rings. The van der Waals surface area contributed by atoms with E-state index in [0.717, 1.165) is 0 Å². The number of fused-ring (bicyclic) bond motifs is 2. The van der Waals surface area contributed by atoms with Crippen LogP contribution < -0.4 is 5.43 Å². The molecule has 0 aliphatic carbocycles. The van der Waals surface area contributed by atoms with E-state index in [1.807, 2.05) is 18.2 Å². The smallest absolute Gasteiger partial charge is 0.455 e. The van der Waals surface area contributed by atoms with Crippen LogP contribution in [0.5, 0.6) is 0 Å². The third-order valence-corrected chi connectivity index (χ3v) is 3.81. The van der Waals surface area contributed by atoms with E-state index in [4.69, 9.17) is 17.4 Å². The summed E-state index contributed by atoms with van der Waals surface area (Å²) in [5, 5.41) is 1.18. The molecule has 1 heterocycles. The number of hydrogen-bond acceptors (Lipinski definition) is 5. The molecule has 0 radical (unpaired) electrons. The number of alkyl halides is 3. The first kappa shape index (κ1) is 18.3. The largest absolute Gasteiger partial charge is 0.522 e. The second kappa shape index (κ2) is 6.46. The maximum Gasteiger partial charge on any atom is 0.522 e. The van der Waals surface area contributed by atoms with E-state index in [1.165, 1.54) is 0 Å². The molecule has 128 valence electrons. The summed E-state index contributed by atoms with van der Waals surface area (Å²) in [6.07, 6.45) is 0. The first-order valence-corrected chi connectivity index (χ1v) is 8.08. The van der Waals surface area contributed by atoms with Crippen molar-refractivity contribution in [2.45, 2.75) is 10.4 Å². The zero-order chi connectivity index (χ0) is 18.1. The Labute approximate surface area is 138 Å². The van der Waals surface area contributed by atoms with Crippen molar-refractivity contribution in [2.24, 2.45) is 0 Å². The molecule has 2 aromatic carbocycles. The summed E-state index contributed by atoms with van der Waals surface area (Å²) in [6, 6.07) is 12.6. The lowest BCUT2D eigenvalue weighted by Gasteiger charge is -2.02. The molecular formula is C14H9F3O5S2. The van der Waals surface area contributed by atoms with Gasteiger partial charge in [0.25, 0.3) is 0 Å². The molecule has 1 aromatic heterocycles. The predicted molar refractivity (Wildman–Crippen MR) is 84.8 cm³/mol. The summed E-state index contributed by atoms with van der Waals surface area (Å²) < 4.78 is 63.2. The molecule has 0 spiro atoms. The fourth-order valence-electron chi connectivity index (χ4n) is 1.81. The van der Waals surface area contributed by atoms with Crippen LogP contribution in [0.2, 0.25) is 0 Å². The molecule has 0 saturated carbocycles. The maximum absolute atomic E-state index is 12.1. The van der Waals surface area contributed by atoms with Gasteiger partial charge in [0, 0.05) is 4.90 Å². The fourth-order valence-corrected chi connectivity index (χ4v) is 2.06. The standard InChI is InChI=1S/C13H8O2S.CHF3O3S/c14-12-8-4-1-2-6-10(8)15-13-9(12)5-3-7-11(13)16;2-1(3,4)8(5,6)7/h1-7,16H;(H,5,6,7). The van der Waals surface area contributed by atoms with E-state index in [9.17, 15) is 18.0 Å².